The highest BCUT2D eigenvalue weighted by Gasteiger charge is 2.12. The number of H-pyrrole nitrogens is 1. The Morgan fingerprint density at radius 1 is 1.33 bits per heavy atom. The molecule has 2 rings (SSSR count). The minimum Gasteiger partial charge on any atom is -0.455 e. The molecule has 1 heterocycles. The van der Waals surface area contributed by atoms with Gasteiger partial charge < -0.3 is 15.0 Å². The van der Waals surface area contributed by atoms with E-state index in [0.29, 0.717) is 0 Å². The van der Waals surface area contributed by atoms with Gasteiger partial charge in [0.05, 0.1) is 6.42 Å². The normalized spacial score (nSPS) is 12.1. The van der Waals surface area contributed by atoms with Crippen molar-refractivity contribution in [1.29, 1.82) is 0 Å². The number of aromatic amines is 1. The summed E-state index contributed by atoms with van der Waals surface area (Å²) in [6, 6.07) is 7.84. The number of hydrogen-bond acceptors (Lipinski definition) is 3. The van der Waals surface area contributed by atoms with E-state index in [1.54, 1.807) is 6.20 Å². The van der Waals surface area contributed by atoms with Crippen LogP contribution in [0.2, 0.25) is 0 Å². The van der Waals surface area contributed by atoms with Crippen molar-refractivity contribution in [2.45, 2.75) is 32.7 Å². The van der Waals surface area contributed by atoms with Gasteiger partial charge in [-0.15, -0.1) is 0 Å². The lowest BCUT2D eigenvalue weighted by Crippen LogP contribution is -2.35. The van der Waals surface area contributed by atoms with E-state index in [2.05, 4.69) is 10.3 Å². The lowest BCUT2D eigenvalue weighted by Gasteiger charge is -2.11. The molecular formula is C16H20N2O3. The highest BCUT2D eigenvalue weighted by molar-refractivity contribution is 5.88. The number of nitrogens with one attached hydrogen (secondary N) is 2. The Hall–Kier alpha value is -2.30. The molecule has 0 spiro atoms. The van der Waals surface area contributed by atoms with Gasteiger partial charge in [0.2, 0.25) is 0 Å². The molecule has 0 aliphatic carbocycles. The summed E-state index contributed by atoms with van der Waals surface area (Å²) >= 11 is 0. The monoisotopic (exact) mass is 288 g/mol. The van der Waals surface area contributed by atoms with Crippen LogP contribution in [0.4, 0.5) is 0 Å². The summed E-state index contributed by atoms with van der Waals surface area (Å²) in [6.45, 7) is 3.66. The molecule has 0 fully saturated rings. The Labute approximate surface area is 123 Å². The fourth-order valence-corrected chi connectivity index (χ4v) is 2.05. The van der Waals surface area contributed by atoms with Crippen molar-refractivity contribution in [1.82, 2.24) is 10.3 Å². The quantitative estimate of drug-likeness (QED) is 0.800. The number of rotatable bonds is 6. The zero-order valence-electron chi connectivity index (χ0n) is 12.3. The minimum atomic E-state index is -0.404. The molecule has 0 radical (unpaired) electrons. The van der Waals surface area contributed by atoms with Gasteiger partial charge in [0, 0.05) is 23.1 Å². The number of benzene rings is 1. The molecule has 0 aliphatic heterocycles. The number of esters is 1. The first-order valence-electron chi connectivity index (χ1n) is 7.10. The van der Waals surface area contributed by atoms with Crippen LogP contribution in [-0.2, 0) is 20.7 Å². The first-order valence-corrected chi connectivity index (χ1v) is 7.10. The van der Waals surface area contributed by atoms with Crippen LogP contribution in [0, 0.1) is 0 Å². The highest BCUT2D eigenvalue weighted by Crippen LogP contribution is 2.18. The molecule has 1 aromatic heterocycles. The molecule has 1 aromatic carbocycles. The van der Waals surface area contributed by atoms with Crippen LogP contribution >= 0.6 is 0 Å². The third kappa shape index (κ3) is 4.08. The van der Waals surface area contributed by atoms with E-state index in [-0.39, 0.29) is 25.0 Å². The summed E-state index contributed by atoms with van der Waals surface area (Å²) in [6.07, 6.45) is 2.79. The Balaban J connectivity index is 1.86. The van der Waals surface area contributed by atoms with Crippen LogP contribution in [0.15, 0.2) is 30.5 Å². The van der Waals surface area contributed by atoms with Crippen LogP contribution in [-0.4, -0.2) is 29.5 Å². The van der Waals surface area contributed by atoms with E-state index in [4.69, 9.17) is 4.74 Å². The van der Waals surface area contributed by atoms with Gasteiger partial charge in [0.15, 0.2) is 6.61 Å². The van der Waals surface area contributed by atoms with Crippen molar-refractivity contribution in [3.05, 3.63) is 36.0 Å². The number of carbonyl (C=O) groups is 2. The molecule has 112 valence electrons. The molecule has 0 saturated heterocycles. The lowest BCUT2D eigenvalue weighted by molar-refractivity contribution is -0.148. The summed E-state index contributed by atoms with van der Waals surface area (Å²) in [7, 11) is 0. The summed E-state index contributed by atoms with van der Waals surface area (Å²) in [5, 5.41) is 3.75. The van der Waals surface area contributed by atoms with E-state index < -0.39 is 5.97 Å². The van der Waals surface area contributed by atoms with E-state index in [1.165, 1.54) is 0 Å². The minimum absolute atomic E-state index is 0.0878. The average Bonchev–Trinajstić information content (AvgIpc) is 2.88. The molecular weight excluding hydrogens is 268 g/mol. The summed E-state index contributed by atoms with van der Waals surface area (Å²) in [5.41, 5.74) is 1.85. The highest BCUT2D eigenvalue weighted by atomic mass is 16.5. The Morgan fingerprint density at radius 2 is 2.10 bits per heavy atom. The maximum atomic E-state index is 11.8. The number of amides is 1. The van der Waals surface area contributed by atoms with Crippen LogP contribution in [0.3, 0.4) is 0 Å². The zero-order valence-corrected chi connectivity index (χ0v) is 12.3. The first kappa shape index (κ1) is 15.1. The van der Waals surface area contributed by atoms with Gasteiger partial charge in [0.25, 0.3) is 5.91 Å². The van der Waals surface area contributed by atoms with Gasteiger partial charge in [-0.05, 0) is 25.0 Å². The maximum Gasteiger partial charge on any atom is 0.310 e. The standard InChI is InChI=1S/C16H20N2O3/c1-3-11(2)18-15(19)10-21-16(20)8-12-9-17-14-7-5-4-6-13(12)14/h4-7,9,11,17H,3,8,10H2,1-2H3,(H,18,19). The fraction of sp³-hybridized carbons (Fsp3) is 0.375. The third-order valence-corrected chi connectivity index (χ3v) is 3.39. The van der Waals surface area contributed by atoms with E-state index in [1.807, 2.05) is 38.1 Å². The van der Waals surface area contributed by atoms with Crippen molar-refractivity contribution in [2.75, 3.05) is 6.61 Å². The predicted molar refractivity (Wildman–Crippen MR) is 80.9 cm³/mol. The predicted octanol–water partition coefficient (Wildman–Crippen LogP) is 2.17. The number of aromatic nitrogens is 1. The largest absolute Gasteiger partial charge is 0.455 e. The smallest absolute Gasteiger partial charge is 0.310 e. The molecule has 1 amide bonds. The second kappa shape index (κ2) is 6.92. The first-order chi connectivity index (χ1) is 10.1. The van der Waals surface area contributed by atoms with Gasteiger partial charge >= 0.3 is 5.97 Å². The van der Waals surface area contributed by atoms with Crippen LogP contribution < -0.4 is 5.32 Å². The number of para-hydroxylation sites is 1. The van der Waals surface area contributed by atoms with Gasteiger partial charge in [0.1, 0.15) is 0 Å². The summed E-state index contributed by atoms with van der Waals surface area (Å²) in [5.74, 6) is -0.671. The van der Waals surface area contributed by atoms with Gasteiger partial charge in [-0.25, -0.2) is 0 Å². The third-order valence-electron chi connectivity index (χ3n) is 3.39. The molecule has 1 atom stereocenters. The Bertz CT molecular complexity index is 633. The maximum absolute atomic E-state index is 11.8. The van der Waals surface area contributed by atoms with Crippen LogP contribution in [0.1, 0.15) is 25.8 Å². The molecule has 2 N–H and O–H groups in total. The zero-order chi connectivity index (χ0) is 15.2. The van der Waals surface area contributed by atoms with Gasteiger partial charge in [-0.1, -0.05) is 25.1 Å². The van der Waals surface area contributed by atoms with Crippen LogP contribution in [0.25, 0.3) is 10.9 Å². The van der Waals surface area contributed by atoms with Gasteiger partial charge in [-0.2, -0.15) is 0 Å². The Morgan fingerprint density at radius 3 is 2.86 bits per heavy atom. The van der Waals surface area contributed by atoms with Gasteiger partial charge in [-0.3, -0.25) is 9.59 Å². The number of fused-ring (bicyclic) bond motifs is 1. The van der Waals surface area contributed by atoms with E-state index >= 15 is 0 Å². The topological polar surface area (TPSA) is 71.2 Å². The molecule has 1 unspecified atom stereocenters. The summed E-state index contributed by atoms with van der Waals surface area (Å²) in [4.78, 5) is 26.4. The fourth-order valence-electron chi connectivity index (χ4n) is 2.05. The molecule has 0 bridgehead atoms. The molecule has 0 aliphatic rings. The SMILES string of the molecule is CCC(C)NC(=O)COC(=O)Cc1c[nH]c2ccccc12. The number of ether oxygens (including phenoxy) is 1. The van der Waals surface area contributed by atoms with Crippen molar-refractivity contribution in [3.8, 4) is 0 Å². The van der Waals surface area contributed by atoms with Crippen LogP contribution in [0.5, 0.6) is 0 Å². The van der Waals surface area contributed by atoms with Crippen molar-refractivity contribution >= 4 is 22.8 Å². The average molecular weight is 288 g/mol. The molecule has 5 nitrogen and oxygen atoms in total. The molecule has 21 heavy (non-hydrogen) atoms. The molecule has 5 heteroatoms. The lowest BCUT2D eigenvalue weighted by atomic mass is 10.1. The molecule has 2 aromatic rings. The van der Waals surface area contributed by atoms with E-state index in [9.17, 15) is 9.59 Å². The number of hydrogen-bond donors (Lipinski definition) is 2. The number of carbonyl (C=O) groups excluding carboxylic acids is 2. The summed E-state index contributed by atoms with van der Waals surface area (Å²) < 4.78 is 5.01. The second-order valence-corrected chi connectivity index (χ2v) is 5.07. The van der Waals surface area contributed by atoms with Crippen molar-refractivity contribution in [2.24, 2.45) is 0 Å². The second-order valence-electron chi connectivity index (χ2n) is 5.07. The van der Waals surface area contributed by atoms with Crippen molar-refractivity contribution < 1.29 is 14.3 Å². The van der Waals surface area contributed by atoms with Crippen molar-refractivity contribution in [3.63, 3.8) is 0 Å². The molecule has 0 saturated carbocycles. The Kier molecular flexibility index (Phi) is 4.98. The van der Waals surface area contributed by atoms with E-state index in [0.717, 1.165) is 22.9 Å².